The van der Waals surface area contributed by atoms with Gasteiger partial charge in [-0.3, -0.25) is 9.59 Å². The maximum absolute atomic E-state index is 12.9. The molecule has 1 aliphatic rings. The standard InChI is InChI=1S/C19H20N2O5/c1-11-14(19(24)25)8-12(26-11)10-20(2)18(23)15-9-17(22)21(3)16-7-5-4-6-13(15)16/h4-8,15H,9-10H2,1-3H3,(H,24,25). The minimum Gasteiger partial charge on any atom is -0.478 e. The van der Waals surface area contributed by atoms with Crippen molar-refractivity contribution >= 4 is 23.5 Å². The molecule has 1 aromatic heterocycles. The lowest BCUT2D eigenvalue weighted by Crippen LogP contribution is -2.39. The largest absolute Gasteiger partial charge is 0.478 e. The number of fused-ring (bicyclic) bond motifs is 1. The number of amides is 2. The number of carboxylic acid groups (broad SMARTS) is 1. The number of hydrogen-bond acceptors (Lipinski definition) is 4. The normalized spacial score (nSPS) is 16.3. The topological polar surface area (TPSA) is 91.1 Å². The van der Waals surface area contributed by atoms with E-state index in [4.69, 9.17) is 9.52 Å². The highest BCUT2D eigenvalue weighted by molar-refractivity contribution is 6.02. The molecule has 2 amide bonds. The Labute approximate surface area is 150 Å². The summed E-state index contributed by atoms with van der Waals surface area (Å²) in [7, 11) is 3.32. The number of nitrogens with zero attached hydrogens (tertiary/aromatic N) is 2. The number of likely N-dealkylation sites (N-methyl/N-ethyl adjacent to an activating group) is 1. The predicted octanol–water partition coefficient (Wildman–Crippen LogP) is 2.39. The summed E-state index contributed by atoms with van der Waals surface area (Å²) in [4.78, 5) is 39.3. The van der Waals surface area contributed by atoms with E-state index in [-0.39, 0.29) is 30.3 Å². The van der Waals surface area contributed by atoms with Gasteiger partial charge >= 0.3 is 5.97 Å². The van der Waals surface area contributed by atoms with Crippen LogP contribution in [0.25, 0.3) is 0 Å². The van der Waals surface area contributed by atoms with Gasteiger partial charge in [-0.05, 0) is 24.6 Å². The predicted molar refractivity (Wildman–Crippen MR) is 94.1 cm³/mol. The third kappa shape index (κ3) is 3.08. The van der Waals surface area contributed by atoms with Gasteiger partial charge in [-0.15, -0.1) is 0 Å². The summed E-state index contributed by atoms with van der Waals surface area (Å²) in [6.07, 6.45) is 0.105. The number of carbonyl (C=O) groups is 3. The number of rotatable bonds is 4. The Morgan fingerprint density at radius 3 is 2.69 bits per heavy atom. The number of benzene rings is 1. The van der Waals surface area contributed by atoms with Gasteiger partial charge in [0.2, 0.25) is 11.8 Å². The molecule has 1 aromatic carbocycles. The van der Waals surface area contributed by atoms with E-state index in [1.54, 1.807) is 25.9 Å². The third-order valence-corrected chi connectivity index (χ3v) is 4.69. The number of anilines is 1. The lowest BCUT2D eigenvalue weighted by Gasteiger charge is -2.32. The molecule has 136 valence electrons. The van der Waals surface area contributed by atoms with E-state index in [0.29, 0.717) is 11.5 Å². The second-order valence-corrected chi connectivity index (χ2v) is 6.45. The molecular weight excluding hydrogens is 336 g/mol. The van der Waals surface area contributed by atoms with Gasteiger partial charge in [0.15, 0.2) is 0 Å². The minimum atomic E-state index is -1.07. The fraction of sp³-hybridized carbons (Fsp3) is 0.316. The highest BCUT2D eigenvalue weighted by atomic mass is 16.4. The van der Waals surface area contributed by atoms with Crippen LogP contribution in [0.4, 0.5) is 5.69 Å². The molecule has 1 N–H and O–H groups in total. The Kier molecular flexibility index (Phi) is 4.54. The van der Waals surface area contributed by atoms with Crippen LogP contribution in [0.1, 0.15) is 39.8 Å². The summed E-state index contributed by atoms with van der Waals surface area (Å²) in [5.41, 5.74) is 1.63. The monoisotopic (exact) mass is 356 g/mol. The van der Waals surface area contributed by atoms with Crippen molar-refractivity contribution in [1.82, 2.24) is 4.90 Å². The average Bonchev–Trinajstić information content (AvgIpc) is 2.98. The van der Waals surface area contributed by atoms with Crippen LogP contribution in [0.3, 0.4) is 0 Å². The molecule has 0 aliphatic carbocycles. The minimum absolute atomic E-state index is 0.0839. The second kappa shape index (κ2) is 6.67. The van der Waals surface area contributed by atoms with Crippen LogP contribution in [0.5, 0.6) is 0 Å². The van der Waals surface area contributed by atoms with Crippen LogP contribution >= 0.6 is 0 Å². The van der Waals surface area contributed by atoms with Crippen LogP contribution in [0.15, 0.2) is 34.7 Å². The zero-order valence-electron chi connectivity index (χ0n) is 14.9. The molecule has 2 heterocycles. The highest BCUT2D eigenvalue weighted by Gasteiger charge is 2.35. The van der Waals surface area contributed by atoms with Gasteiger partial charge in [0, 0.05) is 26.2 Å². The van der Waals surface area contributed by atoms with Gasteiger partial charge in [0.05, 0.1) is 12.5 Å². The van der Waals surface area contributed by atoms with E-state index in [2.05, 4.69) is 0 Å². The second-order valence-electron chi connectivity index (χ2n) is 6.45. The van der Waals surface area contributed by atoms with Crippen LogP contribution in [0.2, 0.25) is 0 Å². The van der Waals surface area contributed by atoms with Crippen molar-refractivity contribution in [2.45, 2.75) is 25.8 Å². The van der Waals surface area contributed by atoms with Gasteiger partial charge in [0.25, 0.3) is 0 Å². The lowest BCUT2D eigenvalue weighted by molar-refractivity contribution is -0.134. The van der Waals surface area contributed by atoms with Gasteiger partial charge in [-0.2, -0.15) is 0 Å². The molecule has 26 heavy (non-hydrogen) atoms. The first-order valence-electron chi connectivity index (χ1n) is 8.22. The van der Waals surface area contributed by atoms with E-state index in [1.807, 2.05) is 24.3 Å². The van der Waals surface area contributed by atoms with E-state index < -0.39 is 11.9 Å². The van der Waals surface area contributed by atoms with Gasteiger partial charge in [-0.1, -0.05) is 18.2 Å². The molecule has 1 aliphatic heterocycles. The molecule has 3 rings (SSSR count). The third-order valence-electron chi connectivity index (χ3n) is 4.69. The summed E-state index contributed by atoms with van der Waals surface area (Å²) in [5.74, 6) is -1.25. The number of carbonyl (C=O) groups excluding carboxylic acids is 2. The van der Waals surface area contributed by atoms with Crippen molar-refractivity contribution in [3.8, 4) is 0 Å². The van der Waals surface area contributed by atoms with Crippen molar-refractivity contribution in [3.05, 3.63) is 53.0 Å². The molecule has 0 bridgehead atoms. The van der Waals surface area contributed by atoms with Crippen molar-refractivity contribution < 1.29 is 23.9 Å². The highest BCUT2D eigenvalue weighted by Crippen LogP contribution is 2.36. The van der Waals surface area contributed by atoms with Crippen molar-refractivity contribution in [2.24, 2.45) is 0 Å². The average molecular weight is 356 g/mol. The zero-order valence-corrected chi connectivity index (χ0v) is 14.9. The Morgan fingerprint density at radius 1 is 1.35 bits per heavy atom. The van der Waals surface area contributed by atoms with Gasteiger partial charge in [0.1, 0.15) is 17.1 Å². The van der Waals surface area contributed by atoms with Crippen LogP contribution < -0.4 is 4.90 Å². The summed E-state index contributed by atoms with van der Waals surface area (Å²) < 4.78 is 5.44. The van der Waals surface area contributed by atoms with E-state index in [0.717, 1.165) is 11.3 Å². The van der Waals surface area contributed by atoms with Crippen LogP contribution in [-0.4, -0.2) is 41.9 Å². The SMILES string of the molecule is Cc1oc(CN(C)C(=O)C2CC(=O)N(C)c3ccccc32)cc1C(=O)O. The number of carboxylic acids is 1. The lowest BCUT2D eigenvalue weighted by atomic mass is 9.88. The Hall–Kier alpha value is -3.09. The van der Waals surface area contributed by atoms with Crippen molar-refractivity contribution in [3.63, 3.8) is 0 Å². The molecule has 2 aromatic rings. The maximum atomic E-state index is 12.9. The maximum Gasteiger partial charge on any atom is 0.339 e. The number of aryl methyl sites for hydroxylation is 1. The number of para-hydroxylation sites is 1. The number of hydrogen-bond donors (Lipinski definition) is 1. The van der Waals surface area contributed by atoms with Crippen molar-refractivity contribution in [2.75, 3.05) is 19.0 Å². The Bertz CT molecular complexity index is 886. The first kappa shape index (κ1) is 17.7. The molecule has 7 heteroatoms. The number of furan rings is 1. The zero-order chi connectivity index (χ0) is 19.0. The fourth-order valence-corrected chi connectivity index (χ4v) is 3.28. The smallest absolute Gasteiger partial charge is 0.339 e. The van der Waals surface area contributed by atoms with Crippen LogP contribution in [-0.2, 0) is 16.1 Å². The molecule has 1 atom stereocenters. The number of aromatic carboxylic acids is 1. The molecular formula is C19H20N2O5. The summed E-state index contributed by atoms with van der Waals surface area (Å²) in [5, 5.41) is 9.11. The van der Waals surface area contributed by atoms with E-state index in [9.17, 15) is 14.4 Å². The Balaban J connectivity index is 1.83. The molecule has 0 radical (unpaired) electrons. The van der Waals surface area contributed by atoms with Gasteiger partial charge < -0.3 is 19.3 Å². The van der Waals surface area contributed by atoms with Gasteiger partial charge in [-0.25, -0.2) is 4.79 Å². The first-order valence-corrected chi connectivity index (χ1v) is 8.22. The fourth-order valence-electron chi connectivity index (χ4n) is 3.28. The molecule has 0 saturated heterocycles. The molecule has 0 spiro atoms. The van der Waals surface area contributed by atoms with Crippen LogP contribution in [0, 0.1) is 6.92 Å². The van der Waals surface area contributed by atoms with E-state index >= 15 is 0 Å². The quantitative estimate of drug-likeness (QED) is 0.908. The molecule has 1 unspecified atom stereocenters. The molecule has 0 fully saturated rings. The summed E-state index contributed by atoms with van der Waals surface area (Å²) in [6.45, 7) is 1.70. The summed E-state index contributed by atoms with van der Waals surface area (Å²) >= 11 is 0. The van der Waals surface area contributed by atoms with Crippen molar-refractivity contribution in [1.29, 1.82) is 0 Å². The molecule has 0 saturated carbocycles. The first-order chi connectivity index (χ1) is 12.3. The molecule has 7 nitrogen and oxygen atoms in total. The summed E-state index contributed by atoms with van der Waals surface area (Å²) in [6, 6.07) is 8.78. The Morgan fingerprint density at radius 2 is 2.04 bits per heavy atom. The van der Waals surface area contributed by atoms with E-state index in [1.165, 1.54) is 11.0 Å².